The SMILES string of the molecule is CCCCCCCCCC/C=C\CCCCCCCCCCCCCCCCCCCCCCCCCCCCCCCC(=O)NC(COC1OC(CO)C(OC2OC(CO)C(O)C(O)C2O)C(O)C1O)C(O)/C=C/CCCCCCCCCCCCCCCCCCCCCCCCCCCCC. The van der Waals surface area contributed by atoms with Crippen molar-refractivity contribution < 1.29 is 64.6 Å². The Bertz CT molecular complexity index is 1840. The van der Waals surface area contributed by atoms with Gasteiger partial charge in [-0.05, 0) is 44.9 Å². The fourth-order valence-electron chi connectivity index (χ4n) is 15.5. The summed E-state index contributed by atoms with van der Waals surface area (Å²) < 4.78 is 23.0. The fourth-order valence-corrected chi connectivity index (χ4v) is 15.5. The van der Waals surface area contributed by atoms with Gasteiger partial charge in [-0.3, -0.25) is 4.79 Å². The molecule has 0 saturated carbocycles. The number of aliphatic hydroxyl groups excluding tert-OH is 8. The lowest BCUT2D eigenvalue weighted by Crippen LogP contribution is -2.65. The molecule has 9 N–H and O–H groups in total. The Hall–Kier alpha value is -1.53. The van der Waals surface area contributed by atoms with E-state index in [9.17, 15) is 45.6 Å². The zero-order valence-electron chi connectivity index (χ0n) is 68.1. The molecule has 0 aliphatic carbocycles. The van der Waals surface area contributed by atoms with Crippen LogP contribution in [0.2, 0.25) is 0 Å². The van der Waals surface area contributed by atoms with Crippen molar-refractivity contribution in [3.05, 3.63) is 24.3 Å². The highest BCUT2D eigenvalue weighted by molar-refractivity contribution is 5.76. The molecule has 0 aromatic rings. The Morgan fingerprint density at radius 3 is 0.913 bits per heavy atom. The second-order valence-electron chi connectivity index (χ2n) is 32.4. The summed E-state index contributed by atoms with van der Waals surface area (Å²) in [6, 6.07) is -0.914. The first-order valence-corrected chi connectivity index (χ1v) is 45.6. The molecule has 0 aromatic heterocycles. The Morgan fingerprint density at radius 2 is 0.606 bits per heavy atom. The minimum Gasteiger partial charge on any atom is -0.394 e. The average Bonchev–Trinajstić information content (AvgIpc) is 0.789. The van der Waals surface area contributed by atoms with Gasteiger partial charge < -0.3 is 65.1 Å². The molecule has 0 aromatic carbocycles. The highest BCUT2D eigenvalue weighted by Gasteiger charge is 2.51. The zero-order chi connectivity index (χ0) is 75.1. The third-order valence-electron chi connectivity index (χ3n) is 22.6. The molecule has 0 spiro atoms. The van der Waals surface area contributed by atoms with Crippen molar-refractivity contribution in [2.24, 2.45) is 0 Å². The number of nitrogens with one attached hydrogen (secondary N) is 1. The van der Waals surface area contributed by atoms with Gasteiger partial charge in [-0.1, -0.05) is 423 Å². The number of unbranched alkanes of at least 4 members (excludes halogenated alkanes) is 64. The average molecular weight is 1480 g/mol. The van der Waals surface area contributed by atoms with Crippen molar-refractivity contribution in [2.45, 2.75) is 524 Å². The van der Waals surface area contributed by atoms with Crippen LogP contribution in [0.4, 0.5) is 0 Å². The molecule has 616 valence electrons. The van der Waals surface area contributed by atoms with E-state index >= 15 is 0 Å². The predicted molar refractivity (Wildman–Crippen MR) is 434 cm³/mol. The van der Waals surface area contributed by atoms with Gasteiger partial charge in [-0.15, -0.1) is 0 Å². The number of carbonyl (C=O) groups is 1. The molecule has 1 amide bonds. The molecule has 2 heterocycles. The van der Waals surface area contributed by atoms with Crippen LogP contribution in [0.1, 0.15) is 450 Å². The molecule has 14 heteroatoms. The Labute approximate surface area is 640 Å². The van der Waals surface area contributed by atoms with E-state index in [0.717, 1.165) is 38.5 Å². The summed E-state index contributed by atoms with van der Waals surface area (Å²) in [4.78, 5) is 13.4. The Morgan fingerprint density at radius 1 is 0.337 bits per heavy atom. The first-order chi connectivity index (χ1) is 51.1. The van der Waals surface area contributed by atoms with Crippen molar-refractivity contribution in [1.82, 2.24) is 5.32 Å². The maximum absolute atomic E-state index is 13.4. The minimum absolute atomic E-state index is 0.228. The van der Waals surface area contributed by atoms with Crippen LogP contribution < -0.4 is 5.32 Å². The van der Waals surface area contributed by atoms with Gasteiger partial charge in [0, 0.05) is 6.42 Å². The molecule has 2 rings (SSSR count). The van der Waals surface area contributed by atoms with Crippen molar-refractivity contribution in [2.75, 3.05) is 19.8 Å². The second-order valence-corrected chi connectivity index (χ2v) is 32.4. The van der Waals surface area contributed by atoms with E-state index in [0.29, 0.717) is 6.42 Å². The molecule has 2 aliphatic rings. The van der Waals surface area contributed by atoms with E-state index in [4.69, 9.17) is 18.9 Å². The van der Waals surface area contributed by atoms with Crippen LogP contribution in [0, 0.1) is 0 Å². The summed E-state index contributed by atoms with van der Waals surface area (Å²) in [6.07, 6.45) is 81.7. The maximum Gasteiger partial charge on any atom is 0.220 e. The largest absolute Gasteiger partial charge is 0.394 e. The summed E-state index contributed by atoms with van der Waals surface area (Å²) in [5, 5.41) is 87.9. The number of amides is 1. The lowest BCUT2D eigenvalue weighted by molar-refractivity contribution is -0.359. The number of allylic oxidation sites excluding steroid dienone is 3. The van der Waals surface area contributed by atoms with Crippen LogP contribution in [0.25, 0.3) is 0 Å². The van der Waals surface area contributed by atoms with Gasteiger partial charge in [-0.2, -0.15) is 0 Å². The molecule has 12 unspecified atom stereocenters. The topological polar surface area (TPSA) is 228 Å². The van der Waals surface area contributed by atoms with Crippen molar-refractivity contribution >= 4 is 5.91 Å². The standard InChI is InChI=1S/C90H173NO13/c1-3-5-7-9-11-13-15-17-19-21-23-25-27-29-31-33-34-35-36-37-38-39-40-41-42-43-44-46-48-50-52-54-56-58-60-62-64-66-68-70-72-74-82(95)91-78(77-101-89-87(100)85(98)88(81(76-93)103-89)104-90-86(99)84(97)83(96)80(75-92)102-90)79(94)73-71-69-67-65-63-61-59-57-55-53-51-49-47-45-32-30-28-26-24-22-20-18-16-14-12-10-8-6-4-2/h21,23,71,73,78-81,83-90,92-94,96-100H,3-20,22,24-70,72,74-77H2,1-2H3,(H,91,95)/b23-21-,73-71+. The number of hydrogen-bond donors (Lipinski definition) is 9. The third kappa shape index (κ3) is 55.8. The number of aliphatic hydroxyl groups is 8. The molecule has 0 radical (unpaired) electrons. The first-order valence-electron chi connectivity index (χ1n) is 45.6. The summed E-state index contributed by atoms with van der Waals surface area (Å²) in [7, 11) is 0. The molecule has 12 atom stereocenters. The third-order valence-corrected chi connectivity index (χ3v) is 22.6. The highest BCUT2D eigenvalue weighted by atomic mass is 16.7. The molecule has 0 bridgehead atoms. The van der Waals surface area contributed by atoms with Crippen LogP contribution in [-0.4, -0.2) is 140 Å². The quantitative estimate of drug-likeness (QED) is 0.0204. The predicted octanol–water partition coefficient (Wildman–Crippen LogP) is 22.2. The van der Waals surface area contributed by atoms with Crippen LogP contribution in [0.5, 0.6) is 0 Å². The van der Waals surface area contributed by atoms with E-state index < -0.39 is 86.8 Å². The van der Waals surface area contributed by atoms with Crippen LogP contribution >= 0.6 is 0 Å². The van der Waals surface area contributed by atoms with Gasteiger partial charge in [0.05, 0.1) is 32.0 Å². The molecule has 2 saturated heterocycles. The molecular formula is C90H173NO13. The molecule has 2 aliphatic heterocycles. The molecular weight excluding hydrogens is 1300 g/mol. The van der Waals surface area contributed by atoms with Crippen molar-refractivity contribution in [3.8, 4) is 0 Å². The normalized spacial score (nSPS) is 21.5. The van der Waals surface area contributed by atoms with Crippen LogP contribution in [0.15, 0.2) is 24.3 Å². The van der Waals surface area contributed by atoms with E-state index in [1.54, 1.807) is 6.08 Å². The number of rotatable bonds is 79. The summed E-state index contributed by atoms with van der Waals surface area (Å²) in [5.74, 6) is -0.228. The van der Waals surface area contributed by atoms with E-state index in [2.05, 4.69) is 31.3 Å². The van der Waals surface area contributed by atoms with Gasteiger partial charge in [-0.25, -0.2) is 0 Å². The fraction of sp³-hybridized carbons (Fsp3) is 0.944. The maximum atomic E-state index is 13.4. The second kappa shape index (κ2) is 74.2. The van der Waals surface area contributed by atoms with Crippen LogP contribution in [-0.2, 0) is 23.7 Å². The van der Waals surface area contributed by atoms with Gasteiger partial charge >= 0.3 is 0 Å². The Balaban J connectivity index is 1.54. The zero-order valence-corrected chi connectivity index (χ0v) is 68.1. The number of ether oxygens (including phenoxy) is 4. The molecule has 14 nitrogen and oxygen atoms in total. The smallest absolute Gasteiger partial charge is 0.220 e. The number of hydrogen-bond acceptors (Lipinski definition) is 13. The lowest BCUT2D eigenvalue weighted by Gasteiger charge is -2.46. The monoisotopic (exact) mass is 1480 g/mol. The summed E-state index contributed by atoms with van der Waals surface area (Å²) in [5.41, 5.74) is 0. The molecule has 2 fully saturated rings. The van der Waals surface area contributed by atoms with Gasteiger partial charge in [0.1, 0.15) is 48.8 Å². The Kier molecular flexibility index (Phi) is 70.3. The molecule has 104 heavy (non-hydrogen) atoms. The number of carbonyl (C=O) groups excluding carboxylic acids is 1. The lowest BCUT2D eigenvalue weighted by atomic mass is 9.97. The minimum atomic E-state index is -1.79. The van der Waals surface area contributed by atoms with E-state index in [1.165, 1.54) is 385 Å². The van der Waals surface area contributed by atoms with Crippen molar-refractivity contribution in [3.63, 3.8) is 0 Å². The van der Waals surface area contributed by atoms with E-state index in [1.807, 2.05) is 6.08 Å². The summed E-state index contributed by atoms with van der Waals surface area (Å²) in [6.45, 7) is 2.88. The van der Waals surface area contributed by atoms with Gasteiger partial charge in [0.25, 0.3) is 0 Å². The first kappa shape index (κ1) is 98.5. The van der Waals surface area contributed by atoms with E-state index in [-0.39, 0.29) is 18.9 Å². The van der Waals surface area contributed by atoms with Crippen LogP contribution in [0.3, 0.4) is 0 Å². The highest BCUT2D eigenvalue weighted by Crippen LogP contribution is 2.31. The summed E-state index contributed by atoms with van der Waals surface area (Å²) >= 11 is 0. The van der Waals surface area contributed by atoms with Gasteiger partial charge in [0.2, 0.25) is 5.91 Å². The van der Waals surface area contributed by atoms with Gasteiger partial charge in [0.15, 0.2) is 12.6 Å². The van der Waals surface area contributed by atoms with Crippen molar-refractivity contribution in [1.29, 1.82) is 0 Å².